The van der Waals surface area contributed by atoms with Gasteiger partial charge in [-0.2, -0.15) is 0 Å². The second kappa shape index (κ2) is 3.70. The van der Waals surface area contributed by atoms with Gasteiger partial charge in [0.1, 0.15) is 0 Å². The van der Waals surface area contributed by atoms with Crippen LogP contribution in [0.1, 0.15) is 18.7 Å². The smallest absolute Gasteiger partial charge is 0.151 e. The molecule has 0 aliphatic heterocycles. The summed E-state index contributed by atoms with van der Waals surface area (Å²) in [5.41, 5.74) is 6.39. The minimum Gasteiger partial charge on any atom is -0.340 e. The third-order valence-corrected chi connectivity index (χ3v) is 3.89. The number of nitrogens with zero attached hydrogens (tertiary/aromatic N) is 2. The van der Waals surface area contributed by atoms with Crippen LogP contribution >= 0.6 is 0 Å². The molecule has 0 radical (unpaired) electrons. The van der Waals surface area contributed by atoms with Gasteiger partial charge >= 0.3 is 0 Å². The van der Waals surface area contributed by atoms with Gasteiger partial charge in [-0.25, -0.2) is 13.4 Å². The van der Waals surface area contributed by atoms with Gasteiger partial charge in [-0.15, -0.1) is 0 Å². The van der Waals surface area contributed by atoms with Crippen LogP contribution in [0.15, 0.2) is 12.5 Å². The van der Waals surface area contributed by atoms with Crippen molar-refractivity contribution in [2.24, 2.45) is 12.8 Å². The Balaban J connectivity index is 2.91. The van der Waals surface area contributed by atoms with E-state index in [2.05, 4.69) is 4.98 Å². The number of hydrogen-bond donors (Lipinski definition) is 1. The Morgan fingerprint density at radius 2 is 2.14 bits per heavy atom. The van der Waals surface area contributed by atoms with Crippen molar-refractivity contribution in [3.05, 3.63) is 18.2 Å². The van der Waals surface area contributed by atoms with Crippen LogP contribution in [0.25, 0.3) is 0 Å². The fraction of sp³-hybridized carbons (Fsp3) is 0.625. The Bertz CT molecular complexity index is 410. The first-order valence-electron chi connectivity index (χ1n) is 4.24. The van der Waals surface area contributed by atoms with Gasteiger partial charge in [0, 0.05) is 19.5 Å². The lowest BCUT2D eigenvalue weighted by atomic mass is 10.2. The minimum absolute atomic E-state index is 0.564. The summed E-state index contributed by atoms with van der Waals surface area (Å²) in [4.78, 5) is 4.02. The molecule has 14 heavy (non-hydrogen) atoms. The van der Waals surface area contributed by atoms with Crippen molar-refractivity contribution < 1.29 is 8.42 Å². The molecule has 0 bridgehead atoms. The predicted octanol–water partition coefficient (Wildman–Crippen LogP) is -0.147. The van der Waals surface area contributed by atoms with Gasteiger partial charge in [0.25, 0.3) is 0 Å². The number of aromatic nitrogens is 2. The summed E-state index contributed by atoms with van der Waals surface area (Å²) in [6.07, 6.45) is 4.51. The van der Waals surface area contributed by atoms with Gasteiger partial charge in [0.05, 0.1) is 23.3 Å². The van der Waals surface area contributed by atoms with E-state index in [9.17, 15) is 8.42 Å². The maximum atomic E-state index is 11.2. The number of imidazole rings is 1. The maximum absolute atomic E-state index is 11.2. The van der Waals surface area contributed by atoms with E-state index in [-0.39, 0.29) is 0 Å². The second-order valence-corrected chi connectivity index (χ2v) is 5.93. The first-order chi connectivity index (χ1) is 6.32. The van der Waals surface area contributed by atoms with Gasteiger partial charge in [0.2, 0.25) is 0 Å². The number of aryl methyl sites for hydroxylation is 1. The van der Waals surface area contributed by atoms with Crippen LogP contribution < -0.4 is 5.73 Å². The van der Waals surface area contributed by atoms with Crippen LogP contribution in [-0.4, -0.2) is 29.5 Å². The van der Waals surface area contributed by atoms with Crippen molar-refractivity contribution in [1.82, 2.24) is 9.55 Å². The fourth-order valence-corrected chi connectivity index (χ4v) is 1.78. The maximum Gasteiger partial charge on any atom is 0.151 e. The van der Waals surface area contributed by atoms with E-state index in [1.165, 1.54) is 6.26 Å². The zero-order valence-electron chi connectivity index (χ0n) is 8.51. The van der Waals surface area contributed by atoms with Gasteiger partial charge in [0.15, 0.2) is 9.84 Å². The third-order valence-electron chi connectivity index (χ3n) is 2.25. The molecule has 1 heterocycles. The van der Waals surface area contributed by atoms with Crippen molar-refractivity contribution in [3.8, 4) is 0 Å². The first kappa shape index (κ1) is 11.2. The van der Waals surface area contributed by atoms with E-state index >= 15 is 0 Å². The minimum atomic E-state index is -3.12. The van der Waals surface area contributed by atoms with E-state index in [1.54, 1.807) is 24.0 Å². The lowest BCUT2D eigenvalue weighted by Gasteiger charge is -2.15. The van der Waals surface area contributed by atoms with Crippen LogP contribution in [0.5, 0.6) is 0 Å². The molecule has 0 aliphatic carbocycles. The highest BCUT2D eigenvalue weighted by atomic mass is 32.2. The van der Waals surface area contributed by atoms with Crippen molar-refractivity contribution >= 4 is 9.84 Å². The standard InChI is InChI=1S/C8H15N3O2S/c1-6(14(3,12)13)8(9)7-4-11(2)5-10-7/h4-6,8H,9H2,1-3H3. The van der Waals surface area contributed by atoms with Crippen LogP contribution in [0.2, 0.25) is 0 Å². The highest BCUT2D eigenvalue weighted by Gasteiger charge is 2.25. The van der Waals surface area contributed by atoms with E-state index in [4.69, 9.17) is 5.73 Å². The molecule has 0 spiro atoms. The molecule has 1 aromatic heterocycles. The molecule has 2 N–H and O–H groups in total. The molecule has 0 saturated carbocycles. The number of sulfone groups is 1. The van der Waals surface area contributed by atoms with E-state index in [1.807, 2.05) is 7.05 Å². The highest BCUT2D eigenvalue weighted by Crippen LogP contribution is 2.16. The predicted molar refractivity (Wildman–Crippen MR) is 54.4 cm³/mol. The topological polar surface area (TPSA) is 78.0 Å². The third kappa shape index (κ3) is 2.33. The monoisotopic (exact) mass is 217 g/mol. The number of hydrogen-bond acceptors (Lipinski definition) is 4. The van der Waals surface area contributed by atoms with E-state index in [0.717, 1.165) is 0 Å². The lowest BCUT2D eigenvalue weighted by Crippen LogP contribution is -2.30. The van der Waals surface area contributed by atoms with Crippen LogP contribution in [0.4, 0.5) is 0 Å². The average molecular weight is 217 g/mol. The number of rotatable bonds is 3. The lowest BCUT2D eigenvalue weighted by molar-refractivity contribution is 0.567. The fourth-order valence-electron chi connectivity index (χ4n) is 1.11. The van der Waals surface area contributed by atoms with Gasteiger partial charge in [-0.05, 0) is 6.92 Å². The molecule has 0 aromatic carbocycles. The van der Waals surface area contributed by atoms with Crippen molar-refractivity contribution in [2.45, 2.75) is 18.2 Å². The second-order valence-electron chi connectivity index (χ2n) is 3.52. The van der Waals surface area contributed by atoms with Crippen LogP contribution in [-0.2, 0) is 16.9 Å². The molecular formula is C8H15N3O2S. The summed E-state index contributed by atoms with van der Waals surface area (Å²) in [6.45, 7) is 1.59. The Morgan fingerprint density at radius 1 is 1.57 bits per heavy atom. The summed E-state index contributed by atoms with van der Waals surface area (Å²) >= 11 is 0. The molecule has 0 amide bonds. The van der Waals surface area contributed by atoms with Gasteiger partial charge in [-0.3, -0.25) is 0 Å². The van der Waals surface area contributed by atoms with Crippen LogP contribution in [0.3, 0.4) is 0 Å². The molecule has 80 valence electrons. The largest absolute Gasteiger partial charge is 0.340 e. The average Bonchev–Trinajstić information content (AvgIpc) is 2.47. The molecule has 6 heteroatoms. The quantitative estimate of drug-likeness (QED) is 0.764. The zero-order chi connectivity index (χ0) is 10.9. The highest BCUT2D eigenvalue weighted by molar-refractivity contribution is 7.91. The molecule has 0 saturated heterocycles. The molecule has 1 rings (SSSR count). The molecule has 2 atom stereocenters. The van der Waals surface area contributed by atoms with E-state index in [0.29, 0.717) is 5.69 Å². The summed E-state index contributed by atoms with van der Waals surface area (Å²) in [5.74, 6) is 0. The Labute approximate surface area is 83.9 Å². The Morgan fingerprint density at radius 3 is 2.50 bits per heavy atom. The van der Waals surface area contributed by atoms with Crippen LogP contribution in [0, 0.1) is 0 Å². The summed E-state index contributed by atoms with van der Waals surface area (Å²) in [5, 5.41) is -0.614. The number of nitrogens with two attached hydrogens (primary N) is 1. The Hall–Kier alpha value is -0.880. The molecule has 5 nitrogen and oxygen atoms in total. The normalized spacial score (nSPS) is 16.6. The molecule has 2 unspecified atom stereocenters. The first-order valence-corrected chi connectivity index (χ1v) is 6.20. The molecule has 1 aromatic rings. The molecule has 0 fully saturated rings. The van der Waals surface area contributed by atoms with Gasteiger partial charge < -0.3 is 10.3 Å². The van der Waals surface area contributed by atoms with Crippen molar-refractivity contribution in [3.63, 3.8) is 0 Å². The molecule has 0 aliphatic rings. The zero-order valence-corrected chi connectivity index (χ0v) is 9.32. The van der Waals surface area contributed by atoms with Gasteiger partial charge in [-0.1, -0.05) is 0 Å². The molecular weight excluding hydrogens is 202 g/mol. The summed E-state index contributed by atoms with van der Waals surface area (Å²) in [6, 6.07) is -0.564. The van der Waals surface area contributed by atoms with Crippen molar-refractivity contribution in [2.75, 3.05) is 6.26 Å². The SMILES string of the molecule is CC(C(N)c1cn(C)cn1)S(C)(=O)=O. The Kier molecular flexibility index (Phi) is 2.96. The summed E-state index contributed by atoms with van der Waals surface area (Å²) in [7, 11) is -1.30. The van der Waals surface area contributed by atoms with E-state index < -0.39 is 21.1 Å². The van der Waals surface area contributed by atoms with Crippen molar-refractivity contribution in [1.29, 1.82) is 0 Å². The summed E-state index contributed by atoms with van der Waals surface area (Å²) < 4.78 is 24.2.